The van der Waals surface area contributed by atoms with Crippen LogP contribution in [0.15, 0.2) is 34.9 Å². The van der Waals surface area contributed by atoms with Gasteiger partial charge in [0.2, 0.25) is 6.79 Å². The molecule has 1 aliphatic heterocycles. The Morgan fingerprint density at radius 1 is 1.23 bits per heavy atom. The van der Waals surface area contributed by atoms with Crippen LogP contribution in [0.4, 0.5) is 5.13 Å². The first-order valence-corrected chi connectivity index (χ1v) is 8.64. The number of carbonyl (C=O) groups excluding carboxylic acids is 1. The van der Waals surface area contributed by atoms with E-state index in [1.807, 2.05) is 31.1 Å². The van der Waals surface area contributed by atoms with E-state index in [0.717, 1.165) is 10.2 Å². The highest BCUT2D eigenvalue weighted by Gasteiger charge is 2.24. The zero-order chi connectivity index (χ0) is 17.4. The van der Waals surface area contributed by atoms with Crippen LogP contribution in [0.3, 0.4) is 0 Å². The molecule has 26 heavy (non-hydrogen) atoms. The lowest BCUT2D eigenvalue weighted by Crippen LogP contribution is -2.36. The maximum Gasteiger partial charge on any atom is 0.295 e. The number of hydrogen-bond donors (Lipinski definition) is 0. The first kappa shape index (κ1) is 18.5. The number of fused-ring (bicyclic) bond motifs is 2. The van der Waals surface area contributed by atoms with Crippen molar-refractivity contribution < 1.29 is 18.7 Å². The third-order valence-corrected chi connectivity index (χ3v) is 4.89. The third kappa shape index (κ3) is 3.48. The van der Waals surface area contributed by atoms with Crippen molar-refractivity contribution in [3.8, 4) is 11.5 Å². The minimum atomic E-state index is -0.203. The van der Waals surface area contributed by atoms with E-state index in [2.05, 4.69) is 4.98 Å². The lowest BCUT2D eigenvalue weighted by atomic mass is 10.3. The van der Waals surface area contributed by atoms with Crippen LogP contribution in [0.5, 0.6) is 11.5 Å². The summed E-state index contributed by atoms with van der Waals surface area (Å²) < 4.78 is 17.0. The number of hydrogen-bond acceptors (Lipinski definition) is 7. The highest BCUT2D eigenvalue weighted by atomic mass is 35.5. The fraction of sp³-hybridized carbons (Fsp3) is 0.294. The van der Waals surface area contributed by atoms with Gasteiger partial charge in [0.15, 0.2) is 22.4 Å². The normalized spacial score (nSPS) is 12.4. The molecule has 7 nitrogen and oxygen atoms in total. The molecule has 0 fully saturated rings. The molecule has 4 rings (SSSR count). The molecule has 0 saturated heterocycles. The molecule has 0 N–H and O–H groups in total. The summed E-state index contributed by atoms with van der Waals surface area (Å²) in [5.41, 5.74) is 0.784. The lowest BCUT2D eigenvalue weighted by Gasteiger charge is -2.20. The van der Waals surface area contributed by atoms with E-state index in [1.54, 1.807) is 17.0 Å². The predicted octanol–water partition coefficient (Wildman–Crippen LogP) is 3.25. The number of furan rings is 1. The van der Waals surface area contributed by atoms with Crippen molar-refractivity contribution in [2.24, 2.45) is 0 Å². The second kappa shape index (κ2) is 7.53. The quantitative estimate of drug-likeness (QED) is 0.660. The van der Waals surface area contributed by atoms with Gasteiger partial charge < -0.3 is 18.8 Å². The standard InChI is InChI=1S/C17H17N3O4S.ClH/c1-19(2)5-6-20(16(21)12-4-3-7-22-12)17-18-11-8-13-14(24-10-23-13)9-15(11)25-17;/h3-4,7-9H,5-6,10H2,1-2H3;1H. The highest BCUT2D eigenvalue weighted by Crippen LogP contribution is 2.39. The summed E-state index contributed by atoms with van der Waals surface area (Å²) in [6.45, 7) is 1.45. The molecule has 2 aromatic heterocycles. The van der Waals surface area contributed by atoms with Gasteiger partial charge in [-0.15, -0.1) is 12.4 Å². The molecular formula is C17H18ClN3O4S. The van der Waals surface area contributed by atoms with Gasteiger partial charge in [0.25, 0.3) is 5.91 Å². The van der Waals surface area contributed by atoms with Gasteiger partial charge in [-0.05, 0) is 26.2 Å². The summed E-state index contributed by atoms with van der Waals surface area (Å²) in [5, 5.41) is 0.627. The molecule has 9 heteroatoms. The number of thiazole rings is 1. The molecule has 0 unspecified atom stereocenters. The van der Waals surface area contributed by atoms with Crippen molar-refractivity contribution in [2.75, 3.05) is 38.9 Å². The van der Waals surface area contributed by atoms with Crippen molar-refractivity contribution >= 4 is 45.0 Å². The van der Waals surface area contributed by atoms with Gasteiger partial charge in [-0.1, -0.05) is 11.3 Å². The van der Waals surface area contributed by atoms with E-state index in [1.165, 1.54) is 17.6 Å². The number of ether oxygens (including phenoxy) is 2. The van der Waals surface area contributed by atoms with Gasteiger partial charge in [-0.3, -0.25) is 9.69 Å². The second-order valence-corrected chi connectivity index (χ2v) is 6.92. The second-order valence-electron chi connectivity index (χ2n) is 5.91. The van der Waals surface area contributed by atoms with Gasteiger partial charge in [0.1, 0.15) is 0 Å². The summed E-state index contributed by atoms with van der Waals surface area (Å²) in [7, 11) is 3.93. The van der Waals surface area contributed by atoms with Gasteiger partial charge in [0.05, 0.1) is 16.5 Å². The van der Waals surface area contributed by atoms with Crippen LogP contribution in [-0.2, 0) is 0 Å². The van der Waals surface area contributed by atoms with E-state index >= 15 is 0 Å². The third-order valence-electron chi connectivity index (χ3n) is 3.85. The summed E-state index contributed by atoms with van der Waals surface area (Å²) in [5.74, 6) is 1.49. The fourth-order valence-corrected chi connectivity index (χ4v) is 3.54. The lowest BCUT2D eigenvalue weighted by molar-refractivity contribution is 0.0958. The Morgan fingerprint density at radius 3 is 2.69 bits per heavy atom. The molecule has 3 aromatic rings. The van der Waals surface area contributed by atoms with Crippen LogP contribution in [0.1, 0.15) is 10.6 Å². The van der Waals surface area contributed by atoms with Crippen molar-refractivity contribution in [1.29, 1.82) is 0 Å². The van der Waals surface area contributed by atoms with Gasteiger partial charge in [-0.2, -0.15) is 0 Å². The highest BCUT2D eigenvalue weighted by molar-refractivity contribution is 7.22. The molecule has 1 aromatic carbocycles. The van der Waals surface area contributed by atoms with Crippen molar-refractivity contribution in [2.45, 2.75) is 0 Å². The summed E-state index contributed by atoms with van der Waals surface area (Å²) >= 11 is 1.45. The Hall–Kier alpha value is -2.29. The van der Waals surface area contributed by atoms with E-state index in [-0.39, 0.29) is 25.1 Å². The molecule has 0 bridgehead atoms. The van der Waals surface area contributed by atoms with Crippen LogP contribution in [0, 0.1) is 0 Å². The van der Waals surface area contributed by atoms with Crippen LogP contribution in [-0.4, -0.2) is 49.8 Å². The molecule has 3 heterocycles. The van der Waals surface area contributed by atoms with Gasteiger partial charge >= 0.3 is 0 Å². The molecule has 0 saturated carbocycles. The fourth-order valence-electron chi connectivity index (χ4n) is 2.54. The Balaban J connectivity index is 0.00000196. The number of amides is 1. The van der Waals surface area contributed by atoms with Crippen molar-refractivity contribution in [1.82, 2.24) is 9.88 Å². The van der Waals surface area contributed by atoms with Gasteiger partial charge in [0, 0.05) is 25.2 Å². The summed E-state index contributed by atoms with van der Waals surface area (Å²) in [6, 6.07) is 7.11. The minimum absolute atomic E-state index is 0. The predicted molar refractivity (Wildman–Crippen MR) is 102 cm³/mol. The molecule has 1 aliphatic rings. The zero-order valence-electron chi connectivity index (χ0n) is 14.3. The number of halogens is 1. The summed E-state index contributed by atoms with van der Waals surface area (Å²) in [6.07, 6.45) is 1.49. The van der Waals surface area contributed by atoms with Crippen LogP contribution in [0.25, 0.3) is 10.2 Å². The van der Waals surface area contributed by atoms with E-state index < -0.39 is 0 Å². The number of nitrogens with zero attached hydrogens (tertiary/aromatic N) is 3. The average molecular weight is 396 g/mol. The zero-order valence-corrected chi connectivity index (χ0v) is 15.9. The van der Waals surface area contributed by atoms with E-state index in [9.17, 15) is 4.79 Å². The first-order valence-electron chi connectivity index (χ1n) is 7.82. The monoisotopic (exact) mass is 395 g/mol. The molecule has 0 aliphatic carbocycles. The van der Waals surface area contributed by atoms with E-state index in [4.69, 9.17) is 13.9 Å². The number of benzene rings is 1. The molecule has 0 radical (unpaired) electrons. The number of rotatable bonds is 5. The average Bonchev–Trinajstić information content (AvgIpc) is 3.31. The van der Waals surface area contributed by atoms with Crippen molar-refractivity contribution in [3.05, 3.63) is 36.3 Å². The Labute approximate surface area is 160 Å². The molecule has 0 atom stereocenters. The maximum atomic E-state index is 12.8. The molecular weight excluding hydrogens is 378 g/mol. The number of anilines is 1. The van der Waals surface area contributed by atoms with Gasteiger partial charge in [-0.25, -0.2) is 4.98 Å². The van der Waals surface area contributed by atoms with Crippen LogP contribution >= 0.6 is 23.7 Å². The smallest absolute Gasteiger partial charge is 0.295 e. The van der Waals surface area contributed by atoms with Crippen molar-refractivity contribution in [3.63, 3.8) is 0 Å². The topological polar surface area (TPSA) is 68.0 Å². The Bertz CT molecular complexity index is 869. The number of likely N-dealkylation sites (N-methyl/N-ethyl adjacent to an activating group) is 1. The largest absolute Gasteiger partial charge is 0.459 e. The molecule has 1 amide bonds. The molecule has 138 valence electrons. The number of carbonyl (C=O) groups is 1. The first-order chi connectivity index (χ1) is 12.1. The Morgan fingerprint density at radius 2 is 2.00 bits per heavy atom. The van der Waals surface area contributed by atoms with Crippen LogP contribution in [0.2, 0.25) is 0 Å². The van der Waals surface area contributed by atoms with Crippen LogP contribution < -0.4 is 14.4 Å². The minimum Gasteiger partial charge on any atom is -0.459 e. The number of aromatic nitrogens is 1. The maximum absolute atomic E-state index is 12.8. The summed E-state index contributed by atoms with van der Waals surface area (Å²) in [4.78, 5) is 21.1. The SMILES string of the molecule is CN(C)CCN(C(=O)c1ccco1)c1nc2cc3c(cc2s1)OCO3.Cl. The van der Waals surface area contributed by atoms with E-state index in [0.29, 0.717) is 35.5 Å². The Kier molecular flexibility index (Phi) is 5.36. The molecule has 0 spiro atoms.